The third-order valence-electron chi connectivity index (χ3n) is 3.56. The molecule has 6 heteroatoms. The van der Waals surface area contributed by atoms with Crippen LogP contribution in [0.3, 0.4) is 0 Å². The van der Waals surface area contributed by atoms with Gasteiger partial charge in [0, 0.05) is 19.2 Å². The third kappa shape index (κ3) is 3.39. The van der Waals surface area contributed by atoms with Crippen molar-refractivity contribution in [2.75, 3.05) is 0 Å². The number of rotatable bonds is 5. The van der Waals surface area contributed by atoms with Gasteiger partial charge in [-0.15, -0.1) is 5.10 Å². The SMILES string of the molecule is Cc1ccc(CC(C)c2nc(Cc3cn(C)nn3)no2)cc1. The van der Waals surface area contributed by atoms with Gasteiger partial charge in [0.1, 0.15) is 0 Å². The summed E-state index contributed by atoms with van der Waals surface area (Å²) in [4.78, 5) is 4.47. The molecule has 2 aromatic heterocycles. The van der Waals surface area contributed by atoms with E-state index in [-0.39, 0.29) is 5.92 Å². The van der Waals surface area contributed by atoms with Crippen LogP contribution in [0.4, 0.5) is 0 Å². The number of hydrogen-bond acceptors (Lipinski definition) is 5. The van der Waals surface area contributed by atoms with Crippen LogP contribution in [-0.4, -0.2) is 25.1 Å². The largest absolute Gasteiger partial charge is 0.339 e. The van der Waals surface area contributed by atoms with Gasteiger partial charge in [0.15, 0.2) is 5.82 Å². The minimum Gasteiger partial charge on any atom is -0.339 e. The van der Waals surface area contributed by atoms with Crippen LogP contribution >= 0.6 is 0 Å². The summed E-state index contributed by atoms with van der Waals surface area (Å²) < 4.78 is 7.05. The van der Waals surface area contributed by atoms with Crippen molar-refractivity contribution in [3.8, 4) is 0 Å². The number of aromatic nitrogens is 5. The first kappa shape index (κ1) is 14.4. The van der Waals surface area contributed by atoms with E-state index in [9.17, 15) is 0 Å². The summed E-state index contributed by atoms with van der Waals surface area (Å²) in [6, 6.07) is 8.52. The highest BCUT2D eigenvalue weighted by atomic mass is 16.5. The molecule has 0 saturated heterocycles. The molecule has 1 atom stereocenters. The second-order valence-corrected chi connectivity index (χ2v) is 5.70. The predicted molar refractivity (Wildman–Crippen MR) is 81.4 cm³/mol. The fourth-order valence-electron chi connectivity index (χ4n) is 2.34. The van der Waals surface area contributed by atoms with Crippen LogP contribution in [0.2, 0.25) is 0 Å². The molecule has 0 N–H and O–H groups in total. The van der Waals surface area contributed by atoms with Crippen molar-refractivity contribution in [3.63, 3.8) is 0 Å². The smallest absolute Gasteiger partial charge is 0.229 e. The second-order valence-electron chi connectivity index (χ2n) is 5.70. The summed E-state index contributed by atoms with van der Waals surface area (Å²) in [5.74, 6) is 1.50. The molecule has 1 aromatic carbocycles. The van der Waals surface area contributed by atoms with Crippen molar-refractivity contribution in [2.24, 2.45) is 7.05 Å². The fourth-order valence-corrected chi connectivity index (χ4v) is 2.34. The van der Waals surface area contributed by atoms with E-state index < -0.39 is 0 Å². The van der Waals surface area contributed by atoms with Gasteiger partial charge in [-0.3, -0.25) is 4.68 Å². The maximum absolute atomic E-state index is 5.39. The Labute approximate surface area is 129 Å². The lowest BCUT2D eigenvalue weighted by atomic mass is 10.0. The molecule has 0 radical (unpaired) electrons. The van der Waals surface area contributed by atoms with Gasteiger partial charge in [0.2, 0.25) is 5.89 Å². The predicted octanol–water partition coefficient (Wildman–Crippen LogP) is 2.44. The summed E-state index contributed by atoms with van der Waals surface area (Å²) in [5, 5.41) is 12.0. The van der Waals surface area contributed by atoms with E-state index in [0.29, 0.717) is 18.1 Å². The van der Waals surface area contributed by atoms with Crippen molar-refractivity contribution in [3.05, 3.63) is 59.0 Å². The average molecular weight is 297 g/mol. The van der Waals surface area contributed by atoms with Gasteiger partial charge in [0.05, 0.1) is 12.1 Å². The second kappa shape index (κ2) is 6.09. The first-order valence-corrected chi connectivity index (χ1v) is 7.33. The lowest BCUT2D eigenvalue weighted by Gasteiger charge is -2.06. The number of nitrogens with zero attached hydrogens (tertiary/aromatic N) is 5. The minimum atomic E-state index is 0.186. The van der Waals surface area contributed by atoms with Gasteiger partial charge >= 0.3 is 0 Å². The average Bonchev–Trinajstić information content (AvgIpc) is 3.11. The Morgan fingerprint density at radius 2 is 2.00 bits per heavy atom. The lowest BCUT2D eigenvalue weighted by molar-refractivity contribution is 0.355. The van der Waals surface area contributed by atoms with Crippen LogP contribution in [-0.2, 0) is 19.9 Å². The zero-order chi connectivity index (χ0) is 15.5. The van der Waals surface area contributed by atoms with Crippen molar-refractivity contribution in [2.45, 2.75) is 32.6 Å². The Hall–Kier alpha value is -2.50. The van der Waals surface area contributed by atoms with Crippen molar-refractivity contribution >= 4 is 0 Å². The van der Waals surface area contributed by atoms with E-state index in [0.717, 1.165) is 12.1 Å². The molecule has 2 heterocycles. The normalized spacial score (nSPS) is 12.5. The summed E-state index contributed by atoms with van der Waals surface area (Å²) in [7, 11) is 1.84. The standard InChI is InChI=1S/C16H19N5O/c1-11-4-6-13(7-5-11)8-12(2)16-17-15(19-22-16)9-14-10-21(3)20-18-14/h4-7,10,12H,8-9H2,1-3H3. The molecular weight excluding hydrogens is 278 g/mol. The summed E-state index contributed by atoms with van der Waals surface area (Å²) >= 11 is 0. The van der Waals surface area contributed by atoms with E-state index in [1.807, 2.05) is 13.2 Å². The Morgan fingerprint density at radius 3 is 2.68 bits per heavy atom. The topological polar surface area (TPSA) is 69.6 Å². The van der Waals surface area contributed by atoms with Gasteiger partial charge in [-0.1, -0.05) is 47.1 Å². The highest BCUT2D eigenvalue weighted by Gasteiger charge is 2.16. The molecule has 0 saturated carbocycles. The highest BCUT2D eigenvalue weighted by molar-refractivity contribution is 5.22. The summed E-state index contributed by atoms with van der Waals surface area (Å²) in [5.41, 5.74) is 3.37. The zero-order valence-corrected chi connectivity index (χ0v) is 13.0. The third-order valence-corrected chi connectivity index (χ3v) is 3.56. The Balaban J connectivity index is 1.66. The van der Waals surface area contributed by atoms with Crippen LogP contribution in [0.25, 0.3) is 0 Å². The fraction of sp³-hybridized carbons (Fsp3) is 0.375. The quantitative estimate of drug-likeness (QED) is 0.723. The molecule has 0 fully saturated rings. The van der Waals surface area contributed by atoms with E-state index >= 15 is 0 Å². The van der Waals surface area contributed by atoms with Gasteiger partial charge in [-0.05, 0) is 18.9 Å². The molecule has 0 spiro atoms. The molecule has 0 amide bonds. The highest BCUT2D eigenvalue weighted by Crippen LogP contribution is 2.19. The van der Waals surface area contributed by atoms with Gasteiger partial charge in [-0.2, -0.15) is 4.98 Å². The molecule has 0 aliphatic heterocycles. The van der Waals surface area contributed by atoms with E-state index in [1.54, 1.807) is 4.68 Å². The molecule has 0 aliphatic carbocycles. The van der Waals surface area contributed by atoms with Crippen LogP contribution < -0.4 is 0 Å². The molecule has 6 nitrogen and oxygen atoms in total. The Bertz CT molecular complexity index is 744. The number of hydrogen-bond donors (Lipinski definition) is 0. The Kier molecular flexibility index (Phi) is 4.00. The van der Waals surface area contributed by atoms with Crippen LogP contribution in [0.1, 0.15) is 41.4 Å². The van der Waals surface area contributed by atoms with Gasteiger partial charge in [-0.25, -0.2) is 0 Å². The van der Waals surface area contributed by atoms with Gasteiger partial charge < -0.3 is 4.52 Å². The summed E-state index contributed by atoms with van der Waals surface area (Å²) in [6.07, 6.45) is 3.27. The first-order valence-electron chi connectivity index (χ1n) is 7.33. The minimum absolute atomic E-state index is 0.186. The zero-order valence-electron chi connectivity index (χ0n) is 13.0. The first-order chi connectivity index (χ1) is 10.6. The molecule has 0 bridgehead atoms. The van der Waals surface area contributed by atoms with Crippen molar-refractivity contribution < 1.29 is 4.52 Å². The van der Waals surface area contributed by atoms with E-state index in [1.165, 1.54) is 11.1 Å². The van der Waals surface area contributed by atoms with Crippen LogP contribution in [0.15, 0.2) is 35.0 Å². The monoisotopic (exact) mass is 297 g/mol. The Morgan fingerprint density at radius 1 is 1.23 bits per heavy atom. The summed E-state index contributed by atoms with van der Waals surface area (Å²) in [6.45, 7) is 4.18. The molecule has 22 heavy (non-hydrogen) atoms. The molecule has 1 unspecified atom stereocenters. The van der Waals surface area contributed by atoms with Crippen molar-refractivity contribution in [1.29, 1.82) is 0 Å². The van der Waals surface area contributed by atoms with Crippen molar-refractivity contribution in [1.82, 2.24) is 25.1 Å². The van der Waals surface area contributed by atoms with Gasteiger partial charge in [0.25, 0.3) is 0 Å². The number of benzene rings is 1. The lowest BCUT2D eigenvalue weighted by Crippen LogP contribution is -1.99. The number of aryl methyl sites for hydroxylation is 2. The maximum Gasteiger partial charge on any atom is 0.229 e. The van der Waals surface area contributed by atoms with E-state index in [4.69, 9.17) is 4.52 Å². The molecule has 114 valence electrons. The van der Waals surface area contributed by atoms with Crippen LogP contribution in [0, 0.1) is 6.92 Å². The van der Waals surface area contributed by atoms with Crippen LogP contribution in [0.5, 0.6) is 0 Å². The molecular formula is C16H19N5O. The molecule has 3 aromatic rings. The molecule has 3 rings (SSSR count). The van der Waals surface area contributed by atoms with E-state index in [2.05, 4.69) is 58.6 Å². The molecule has 0 aliphatic rings. The maximum atomic E-state index is 5.39.